The molecule has 1 fully saturated rings. The number of alkyl halides is 3. The van der Waals surface area contributed by atoms with E-state index in [4.69, 9.17) is 5.11 Å². The summed E-state index contributed by atoms with van der Waals surface area (Å²) in [5, 5.41) is 21.3. The van der Waals surface area contributed by atoms with Gasteiger partial charge in [-0.3, -0.25) is 4.79 Å². The van der Waals surface area contributed by atoms with Crippen LogP contribution in [0.1, 0.15) is 31.2 Å². The molecule has 1 aromatic carbocycles. The molecule has 3 N–H and O–H groups in total. The molecule has 1 aliphatic rings. The lowest BCUT2D eigenvalue weighted by Crippen LogP contribution is -2.56. The zero-order valence-corrected chi connectivity index (χ0v) is 14.7. The largest absolute Gasteiger partial charge is 0.481 e. The van der Waals surface area contributed by atoms with E-state index in [1.54, 1.807) is 0 Å². The minimum Gasteiger partial charge on any atom is -0.481 e. The van der Waals surface area contributed by atoms with E-state index < -0.39 is 42.7 Å². The topological polar surface area (TPSA) is 89.9 Å². The lowest BCUT2D eigenvalue weighted by Gasteiger charge is -2.39. The third kappa shape index (κ3) is 5.85. The summed E-state index contributed by atoms with van der Waals surface area (Å²) in [5.74, 6) is -0.990. The number of carbonyl (C=O) groups is 2. The monoisotopic (exact) mass is 388 g/mol. The van der Waals surface area contributed by atoms with Gasteiger partial charge < -0.3 is 20.4 Å². The molecule has 1 atom stereocenters. The summed E-state index contributed by atoms with van der Waals surface area (Å²) in [6.45, 7) is -0.447. The number of urea groups is 1. The number of likely N-dealkylation sites (tertiary alicyclic amines) is 1. The van der Waals surface area contributed by atoms with Crippen molar-refractivity contribution in [3.63, 3.8) is 0 Å². The molecule has 1 saturated heterocycles. The van der Waals surface area contributed by atoms with Gasteiger partial charge in [-0.25, -0.2) is 4.79 Å². The minimum atomic E-state index is -4.73. The van der Waals surface area contributed by atoms with Crippen molar-refractivity contribution in [2.24, 2.45) is 0 Å². The van der Waals surface area contributed by atoms with Crippen LogP contribution in [0.2, 0.25) is 0 Å². The molecule has 0 bridgehead atoms. The van der Waals surface area contributed by atoms with Gasteiger partial charge in [0.15, 0.2) is 5.60 Å². The highest BCUT2D eigenvalue weighted by Crippen LogP contribution is 2.38. The van der Waals surface area contributed by atoms with E-state index in [1.807, 2.05) is 30.3 Å². The number of carboxylic acids is 1. The SMILES string of the molecule is O=C(O)CCC(Cc1ccccc1)NC(=O)N1CCC(O)(C(F)(F)F)CC1. The van der Waals surface area contributed by atoms with Crippen LogP contribution in [0.5, 0.6) is 0 Å². The Kier molecular flexibility index (Phi) is 6.69. The van der Waals surface area contributed by atoms with E-state index in [1.165, 1.54) is 4.90 Å². The number of carboxylic acid groups (broad SMARTS) is 1. The fourth-order valence-electron chi connectivity index (χ4n) is 3.05. The first kappa shape index (κ1) is 21.0. The number of nitrogens with zero attached hydrogens (tertiary/aromatic N) is 1. The highest BCUT2D eigenvalue weighted by atomic mass is 19.4. The Morgan fingerprint density at radius 3 is 2.30 bits per heavy atom. The fraction of sp³-hybridized carbons (Fsp3) is 0.556. The van der Waals surface area contributed by atoms with Crippen molar-refractivity contribution in [2.45, 2.75) is 49.9 Å². The first-order valence-corrected chi connectivity index (χ1v) is 8.71. The molecule has 0 aliphatic carbocycles. The van der Waals surface area contributed by atoms with Gasteiger partial charge in [-0.2, -0.15) is 13.2 Å². The molecule has 1 unspecified atom stereocenters. The minimum absolute atomic E-state index is 0.133. The number of aliphatic carboxylic acids is 1. The van der Waals surface area contributed by atoms with Crippen molar-refractivity contribution in [3.05, 3.63) is 35.9 Å². The summed E-state index contributed by atoms with van der Waals surface area (Å²) in [6.07, 6.45) is -5.40. The fourth-order valence-corrected chi connectivity index (χ4v) is 3.05. The highest BCUT2D eigenvalue weighted by molar-refractivity contribution is 5.75. The van der Waals surface area contributed by atoms with Gasteiger partial charge in [-0.05, 0) is 18.4 Å². The number of hydrogen-bond acceptors (Lipinski definition) is 3. The summed E-state index contributed by atoms with van der Waals surface area (Å²) in [7, 11) is 0. The second-order valence-electron chi connectivity index (χ2n) is 6.78. The average Bonchev–Trinajstić information content (AvgIpc) is 2.60. The van der Waals surface area contributed by atoms with E-state index >= 15 is 0 Å². The van der Waals surface area contributed by atoms with Crippen molar-refractivity contribution in [3.8, 4) is 0 Å². The first-order chi connectivity index (χ1) is 12.6. The number of hydrogen-bond donors (Lipinski definition) is 3. The number of halogens is 3. The van der Waals surface area contributed by atoms with Gasteiger partial charge in [0, 0.05) is 38.4 Å². The maximum absolute atomic E-state index is 12.9. The number of amides is 2. The number of nitrogens with one attached hydrogen (secondary N) is 1. The van der Waals surface area contributed by atoms with Crippen LogP contribution < -0.4 is 5.32 Å². The van der Waals surface area contributed by atoms with Gasteiger partial charge in [0.05, 0.1) is 0 Å². The van der Waals surface area contributed by atoms with Crippen LogP contribution in [0.15, 0.2) is 30.3 Å². The van der Waals surface area contributed by atoms with Gasteiger partial charge in [-0.15, -0.1) is 0 Å². The normalized spacial score (nSPS) is 18.0. The van der Waals surface area contributed by atoms with Crippen molar-refractivity contribution < 1.29 is 33.0 Å². The molecule has 0 saturated carbocycles. The van der Waals surface area contributed by atoms with Gasteiger partial charge in [-0.1, -0.05) is 30.3 Å². The molecule has 6 nitrogen and oxygen atoms in total. The van der Waals surface area contributed by atoms with Crippen LogP contribution in [0.3, 0.4) is 0 Å². The number of piperidine rings is 1. The zero-order chi connectivity index (χ0) is 20.1. The summed E-state index contributed by atoms with van der Waals surface area (Å²) in [4.78, 5) is 24.5. The molecule has 27 heavy (non-hydrogen) atoms. The smallest absolute Gasteiger partial charge is 0.417 e. The molecule has 0 spiro atoms. The van der Waals surface area contributed by atoms with E-state index in [-0.39, 0.29) is 25.9 Å². The average molecular weight is 388 g/mol. The van der Waals surface area contributed by atoms with Crippen LogP contribution in [-0.2, 0) is 11.2 Å². The third-order valence-corrected chi connectivity index (χ3v) is 4.76. The van der Waals surface area contributed by atoms with Crippen LogP contribution in [0.25, 0.3) is 0 Å². The highest BCUT2D eigenvalue weighted by Gasteiger charge is 2.54. The maximum Gasteiger partial charge on any atom is 0.417 e. The molecule has 1 aliphatic heterocycles. The Hall–Kier alpha value is -2.29. The third-order valence-electron chi connectivity index (χ3n) is 4.76. The predicted octanol–water partition coefficient (Wildman–Crippen LogP) is 2.56. The van der Waals surface area contributed by atoms with Crippen LogP contribution in [0.4, 0.5) is 18.0 Å². The molecule has 2 rings (SSSR count). The van der Waals surface area contributed by atoms with Gasteiger partial charge in [0.25, 0.3) is 0 Å². The molecule has 1 aromatic rings. The standard InChI is InChI=1S/C18H23F3N2O4/c19-18(20,21)17(27)8-10-23(11-9-17)16(26)22-14(6-7-15(24)25)12-13-4-2-1-3-5-13/h1-5,14,27H,6-12H2,(H,22,26)(H,24,25). The number of aliphatic hydroxyl groups is 1. The van der Waals surface area contributed by atoms with E-state index in [0.717, 1.165) is 5.56 Å². The number of carbonyl (C=O) groups excluding carboxylic acids is 1. The quantitative estimate of drug-likeness (QED) is 0.699. The summed E-state index contributed by atoms with van der Waals surface area (Å²) in [6, 6.07) is 8.19. The molecule has 0 aromatic heterocycles. The van der Waals surface area contributed by atoms with Crippen LogP contribution >= 0.6 is 0 Å². The van der Waals surface area contributed by atoms with Crippen molar-refractivity contribution in [1.82, 2.24) is 10.2 Å². The molecular formula is C18H23F3N2O4. The summed E-state index contributed by atoms with van der Waals surface area (Å²) >= 11 is 0. The second kappa shape index (κ2) is 8.60. The zero-order valence-electron chi connectivity index (χ0n) is 14.7. The van der Waals surface area contributed by atoms with Gasteiger partial charge in [0.2, 0.25) is 0 Å². The van der Waals surface area contributed by atoms with E-state index in [9.17, 15) is 27.9 Å². The molecule has 2 amide bonds. The second-order valence-corrected chi connectivity index (χ2v) is 6.78. The van der Waals surface area contributed by atoms with Crippen LogP contribution in [0, 0.1) is 0 Å². The molecule has 150 valence electrons. The number of benzene rings is 1. The van der Waals surface area contributed by atoms with Gasteiger partial charge >= 0.3 is 18.2 Å². The Morgan fingerprint density at radius 1 is 1.19 bits per heavy atom. The molecule has 1 heterocycles. The Balaban J connectivity index is 1.96. The van der Waals surface area contributed by atoms with Crippen LogP contribution in [-0.4, -0.2) is 58.0 Å². The van der Waals surface area contributed by atoms with Crippen molar-refractivity contribution >= 4 is 12.0 Å². The van der Waals surface area contributed by atoms with Crippen molar-refractivity contribution in [1.29, 1.82) is 0 Å². The molecule has 0 radical (unpaired) electrons. The Labute approximate surface area is 155 Å². The molecular weight excluding hydrogens is 365 g/mol. The first-order valence-electron chi connectivity index (χ1n) is 8.71. The maximum atomic E-state index is 12.9. The van der Waals surface area contributed by atoms with E-state index in [2.05, 4.69) is 5.32 Å². The van der Waals surface area contributed by atoms with Crippen molar-refractivity contribution in [2.75, 3.05) is 13.1 Å². The number of rotatable bonds is 6. The lowest BCUT2D eigenvalue weighted by atomic mass is 9.91. The van der Waals surface area contributed by atoms with E-state index in [0.29, 0.717) is 6.42 Å². The summed E-state index contributed by atoms with van der Waals surface area (Å²) < 4.78 is 38.6. The lowest BCUT2D eigenvalue weighted by molar-refractivity contribution is -0.271. The predicted molar refractivity (Wildman–Crippen MR) is 91.1 cm³/mol. The Bertz CT molecular complexity index is 644. The Morgan fingerprint density at radius 2 is 1.78 bits per heavy atom. The van der Waals surface area contributed by atoms with Gasteiger partial charge in [0.1, 0.15) is 0 Å². The molecule has 9 heteroatoms. The summed E-state index contributed by atoms with van der Waals surface area (Å²) in [5.41, 5.74) is -1.85.